The molecule has 1 spiro atoms. The Hall–Kier alpha value is -6.96. The van der Waals surface area contributed by atoms with Crippen molar-refractivity contribution in [2.24, 2.45) is 23.7 Å². The highest BCUT2D eigenvalue weighted by atomic mass is 15.0. The van der Waals surface area contributed by atoms with Crippen LogP contribution in [0.1, 0.15) is 54.4 Å². The van der Waals surface area contributed by atoms with Gasteiger partial charge in [0, 0.05) is 22.1 Å². The zero-order chi connectivity index (χ0) is 40.7. The Balaban J connectivity index is 0.969. The van der Waals surface area contributed by atoms with Gasteiger partial charge in [-0.2, -0.15) is 5.26 Å². The predicted molar refractivity (Wildman–Crippen MR) is 245 cm³/mol. The molecule has 8 aromatic rings. The van der Waals surface area contributed by atoms with Crippen LogP contribution in [0.5, 0.6) is 0 Å². The normalized spacial score (nSPS) is 21.6. The lowest BCUT2D eigenvalue weighted by Gasteiger charge is -2.61. The Labute approximate surface area is 357 Å². The van der Waals surface area contributed by atoms with E-state index in [2.05, 4.69) is 159 Å². The van der Waals surface area contributed by atoms with Crippen LogP contribution in [-0.2, 0) is 5.41 Å². The van der Waals surface area contributed by atoms with Crippen molar-refractivity contribution >= 4 is 0 Å². The van der Waals surface area contributed by atoms with Gasteiger partial charge in [0.15, 0.2) is 17.5 Å². The molecule has 4 fully saturated rings. The summed E-state index contributed by atoms with van der Waals surface area (Å²) in [6, 6.07) is 61.0. The van der Waals surface area contributed by atoms with Crippen molar-refractivity contribution in [2.45, 2.75) is 44.4 Å². The van der Waals surface area contributed by atoms with Gasteiger partial charge in [-0.15, -0.1) is 0 Å². The van der Waals surface area contributed by atoms with E-state index in [4.69, 9.17) is 15.0 Å². The van der Waals surface area contributed by atoms with Gasteiger partial charge in [0.05, 0.1) is 11.6 Å². The summed E-state index contributed by atoms with van der Waals surface area (Å²) in [5.74, 6) is 4.85. The number of rotatable bonds is 6. The van der Waals surface area contributed by atoms with Gasteiger partial charge in [0.2, 0.25) is 0 Å². The molecule has 1 aromatic heterocycles. The topological polar surface area (TPSA) is 62.5 Å². The van der Waals surface area contributed by atoms with Crippen LogP contribution in [-0.4, -0.2) is 15.0 Å². The fourth-order valence-electron chi connectivity index (χ4n) is 12.2. The molecule has 13 rings (SSSR count). The van der Waals surface area contributed by atoms with E-state index in [1.54, 1.807) is 0 Å². The van der Waals surface area contributed by atoms with Crippen molar-refractivity contribution in [3.05, 3.63) is 186 Å². The molecule has 5 aliphatic carbocycles. The van der Waals surface area contributed by atoms with Crippen LogP contribution in [0.15, 0.2) is 164 Å². The van der Waals surface area contributed by atoms with Gasteiger partial charge >= 0.3 is 0 Å². The van der Waals surface area contributed by atoms with Crippen LogP contribution >= 0.6 is 0 Å². The number of hydrogen-bond acceptors (Lipinski definition) is 4. The second-order valence-electron chi connectivity index (χ2n) is 18.0. The monoisotopic (exact) mass is 784 g/mol. The van der Waals surface area contributed by atoms with Crippen LogP contribution in [0, 0.1) is 41.9 Å². The Morgan fingerprint density at radius 3 is 1.66 bits per heavy atom. The largest absolute Gasteiger partial charge is 0.208 e. The molecular formula is C57H44N4. The van der Waals surface area contributed by atoms with Crippen molar-refractivity contribution in [3.63, 3.8) is 0 Å². The lowest BCUT2D eigenvalue weighted by Crippen LogP contribution is -2.55. The Kier molecular flexibility index (Phi) is 8.29. The molecule has 7 aromatic carbocycles. The molecule has 0 N–H and O–H groups in total. The standard InChI is InChI=1S/C57H44N4/c1-35-25-51-49-24-23-43(32-52(49)57(53(51)33-45(35)34-58)46-27-36-26-37(29-46)30-47(57)28-36)42-15-10-16-44(31-42)55-59-54(41-13-6-3-7-14-41)60-56(61-55)50-18-9-8-17-48(50)40-21-19-39(20-22-40)38-11-4-2-5-12-38/h2-25,31-33,36-37,46-47H,26-30H2,1H3. The van der Waals surface area contributed by atoms with E-state index >= 15 is 0 Å². The van der Waals surface area contributed by atoms with Gasteiger partial charge in [0.1, 0.15) is 0 Å². The van der Waals surface area contributed by atoms with E-state index < -0.39 is 0 Å². The number of nitrogens with zero attached hydrogens (tertiary/aromatic N) is 4. The first-order valence-corrected chi connectivity index (χ1v) is 21.9. The van der Waals surface area contributed by atoms with Crippen molar-refractivity contribution in [1.82, 2.24) is 15.0 Å². The number of benzene rings is 7. The SMILES string of the molecule is Cc1cc2c(cc1C#N)C1(c3cc(-c4cccc(-c5nc(-c6ccccc6)nc(-c6ccccc6-c6ccc(-c7ccccc7)cc6)n5)c4)ccc3-2)C2CC3CC(C2)CC1C3. The second kappa shape index (κ2) is 14.1. The highest BCUT2D eigenvalue weighted by Crippen LogP contribution is 2.69. The van der Waals surface area contributed by atoms with Gasteiger partial charge < -0.3 is 0 Å². The fourth-order valence-corrected chi connectivity index (χ4v) is 12.2. The molecule has 0 atom stereocenters. The minimum absolute atomic E-state index is 0.0338. The summed E-state index contributed by atoms with van der Waals surface area (Å²) in [5, 5.41) is 10.2. The Morgan fingerprint density at radius 2 is 0.951 bits per heavy atom. The minimum atomic E-state index is -0.0338. The third-order valence-corrected chi connectivity index (χ3v) is 14.7. The number of nitriles is 1. The smallest absolute Gasteiger partial charge is 0.164 e. The third-order valence-electron chi connectivity index (χ3n) is 14.7. The molecule has 1 heterocycles. The Bertz CT molecular complexity index is 3020. The van der Waals surface area contributed by atoms with Crippen LogP contribution in [0.4, 0.5) is 0 Å². The van der Waals surface area contributed by atoms with Gasteiger partial charge in [-0.3, -0.25) is 0 Å². The number of aromatic nitrogens is 3. The molecule has 61 heavy (non-hydrogen) atoms. The summed E-state index contributed by atoms with van der Waals surface area (Å²) in [4.78, 5) is 15.6. The van der Waals surface area contributed by atoms with Crippen molar-refractivity contribution in [1.29, 1.82) is 5.26 Å². The van der Waals surface area contributed by atoms with E-state index in [1.165, 1.54) is 71.0 Å². The van der Waals surface area contributed by atoms with Crippen molar-refractivity contribution in [3.8, 4) is 84.7 Å². The summed E-state index contributed by atoms with van der Waals surface area (Å²) in [7, 11) is 0. The van der Waals surface area contributed by atoms with Gasteiger partial charge in [-0.25, -0.2) is 15.0 Å². The molecule has 0 aliphatic heterocycles. The molecule has 4 nitrogen and oxygen atoms in total. The van der Waals surface area contributed by atoms with E-state index in [1.807, 2.05) is 18.2 Å². The lowest BCUT2D eigenvalue weighted by molar-refractivity contribution is -0.0399. The van der Waals surface area contributed by atoms with E-state index in [0.717, 1.165) is 56.3 Å². The van der Waals surface area contributed by atoms with Crippen LogP contribution in [0.3, 0.4) is 0 Å². The maximum absolute atomic E-state index is 10.2. The molecule has 0 amide bonds. The van der Waals surface area contributed by atoms with E-state index in [0.29, 0.717) is 29.3 Å². The van der Waals surface area contributed by atoms with Crippen LogP contribution < -0.4 is 0 Å². The Morgan fingerprint density at radius 1 is 0.426 bits per heavy atom. The fraction of sp³-hybridized carbons (Fsp3) is 0.193. The first-order chi connectivity index (χ1) is 30.0. The number of aryl methyl sites for hydroxylation is 1. The average molecular weight is 785 g/mol. The molecule has 0 radical (unpaired) electrons. The quantitative estimate of drug-likeness (QED) is 0.168. The molecular weight excluding hydrogens is 741 g/mol. The minimum Gasteiger partial charge on any atom is -0.208 e. The zero-order valence-electron chi connectivity index (χ0n) is 34.2. The lowest BCUT2D eigenvalue weighted by atomic mass is 9.43. The molecule has 292 valence electrons. The summed E-state index contributed by atoms with van der Waals surface area (Å²) in [6.07, 6.45) is 6.61. The van der Waals surface area contributed by atoms with Crippen LogP contribution in [0.25, 0.3) is 78.7 Å². The van der Waals surface area contributed by atoms with Crippen LogP contribution in [0.2, 0.25) is 0 Å². The third kappa shape index (κ3) is 5.75. The van der Waals surface area contributed by atoms with E-state index in [-0.39, 0.29) is 5.41 Å². The second-order valence-corrected chi connectivity index (χ2v) is 18.0. The van der Waals surface area contributed by atoms with Gasteiger partial charge in [0.25, 0.3) is 0 Å². The van der Waals surface area contributed by atoms with Gasteiger partial charge in [-0.1, -0.05) is 140 Å². The molecule has 4 bridgehead atoms. The van der Waals surface area contributed by atoms with E-state index in [9.17, 15) is 5.26 Å². The predicted octanol–water partition coefficient (Wildman–Crippen LogP) is 13.8. The maximum atomic E-state index is 10.2. The summed E-state index contributed by atoms with van der Waals surface area (Å²) < 4.78 is 0. The first-order valence-electron chi connectivity index (χ1n) is 21.9. The highest BCUT2D eigenvalue weighted by molar-refractivity contribution is 5.87. The molecule has 5 aliphatic rings. The summed E-state index contributed by atoms with van der Waals surface area (Å²) in [6.45, 7) is 2.10. The number of hydrogen-bond donors (Lipinski definition) is 0. The van der Waals surface area contributed by atoms with Crippen molar-refractivity contribution < 1.29 is 0 Å². The molecule has 0 saturated heterocycles. The zero-order valence-corrected chi connectivity index (χ0v) is 34.2. The molecule has 0 unspecified atom stereocenters. The molecule has 4 heteroatoms. The van der Waals surface area contributed by atoms with Gasteiger partial charge in [-0.05, 0) is 148 Å². The maximum Gasteiger partial charge on any atom is 0.164 e. The summed E-state index contributed by atoms with van der Waals surface area (Å²) in [5.41, 5.74) is 17.2. The summed E-state index contributed by atoms with van der Waals surface area (Å²) >= 11 is 0. The van der Waals surface area contributed by atoms with Crippen molar-refractivity contribution in [2.75, 3.05) is 0 Å². The first kappa shape index (κ1) is 35.9. The molecule has 4 saturated carbocycles. The highest BCUT2D eigenvalue weighted by Gasteiger charge is 2.61. The average Bonchev–Trinajstić information content (AvgIpc) is 3.59. The number of fused-ring (bicyclic) bond motifs is 3.